The molecular weight excluding hydrogens is 410 g/mol. The van der Waals surface area contributed by atoms with Gasteiger partial charge in [0.25, 0.3) is 0 Å². The van der Waals surface area contributed by atoms with E-state index < -0.39 is 0 Å². The fourth-order valence-electron chi connectivity index (χ4n) is 5.15. The van der Waals surface area contributed by atoms with Gasteiger partial charge >= 0.3 is 6.03 Å². The van der Waals surface area contributed by atoms with E-state index in [0.29, 0.717) is 12.5 Å². The smallest absolute Gasteiger partial charge is 0.319 e. The third-order valence-corrected chi connectivity index (χ3v) is 6.85. The van der Waals surface area contributed by atoms with Crippen LogP contribution in [0.15, 0.2) is 54.6 Å². The summed E-state index contributed by atoms with van der Waals surface area (Å²) in [4.78, 5) is 14.8. The summed E-state index contributed by atoms with van der Waals surface area (Å²) < 4.78 is 2.16. The molecule has 2 amide bonds. The average molecular weight is 444 g/mol. The van der Waals surface area contributed by atoms with Crippen molar-refractivity contribution in [2.75, 3.05) is 25.0 Å². The lowest BCUT2D eigenvalue weighted by Crippen LogP contribution is -2.41. The van der Waals surface area contributed by atoms with Crippen LogP contribution >= 0.6 is 0 Å². The number of urea groups is 1. The third kappa shape index (κ3) is 5.11. The first-order chi connectivity index (χ1) is 16.2. The van der Waals surface area contributed by atoms with Gasteiger partial charge in [0, 0.05) is 31.0 Å². The van der Waals surface area contributed by atoms with E-state index in [2.05, 4.69) is 50.5 Å². The van der Waals surface area contributed by atoms with Gasteiger partial charge in [-0.25, -0.2) is 9.48 Å². The second-order valence-corrected chi connectivity index (χ2v) is 9.42. The van der Waals surface area contributed by atoms with Crippen molar-refractivity contribution in [2.24, 2.45) is 5.92 Å². The van der Waals surface area contributed by atoms with E-state index in [9.17, 15) is 4.79 Å². The summed E-state index contributed by atoms with van der Waals surface area (Å²) in [7, 11) is 0. The molecule has 2 aromatic carbocycles. The molecule has 2 aliphatic rings. The number of carbonyl (C=O) groups is 1. The van der Waals surface area contributed by atoms with Crippen molar-refractivity contribution in [3.63, 3.8) is 0 Å². The van der Waals surface area contributed by atoms with Crippen molar-refractivity contribution in [3.8, 4) is 5.69 Å². The van der Waals surface area contributed by atoms with Crippen LogP contribution in [0, 0.1) is 12.8 Å². The van der Waals surface area contributed by atoms with Gasteiger partial charge in [0.2, 0.25) is 0 Å². The lowest BCUT2D eigenvalue weighted by molar-refractivity contribution is 0.164. The van der Waals surface area contributed by atoms with E-state index in [1.54, 1.807) is 0 Å². The molecule has 1 aromatic heterocycles. The maximum absolute atomic E-state index is 12.3. The summed E-state index contributed by atoms with van der Waals surface area (Å²) in [5, 5.41) is 11.0. The fraction of sp³-hybridized carbons (Fsp3) is 0.407. The number of anilines is 1. The Labute approximate surface area is 196 Å². The number of nitrogens with zero attached hydrogens (tertiary/aromatic N) is 3. The molecule has 0 bridgehead atoms. The highest BCUT2D eigenvalue weighted by Crippen LogP contribution is 2.29. The first-order valence-corrected chi connectivity index (χ1v) is 12.1. The molecular formula is C27H33N5O. The summed E-state index contributed by atoms with van der Waals surface area (Å²) >= 11 is 0. The van der Waals surface area contributed by atoms with E-state index >= 15 is 0 Å². The molecule has 1 fully saturated rings. The highest BCUT2D eigenvalue weighted by atomic mass is 16.2. The van der Waals surface area contributed by atoms with Gasteiger partial charge in [0.1, 0.15) is 0 Å². The minimum absolute atomic E-state index is 0.129. The number of hydrogen-bond donors (Lipinski definition) is 2. The lowest BCUT2D eigenvalue weighted by atomic mass is 9.97. The number of likely N-dealkylation sites (tertiary alicyclic amines) is 1. The van der Waals surface area contributed by atoms with Crippen LogP contribution in [0.3, 0.4) is 0 Å². The van der Waals surface area contributed by atoms with Gasteiger partial charge in [0.05, 0.1) is 11.4 Å². The number of para-hydroxylation sites is 1. The number of aryl methyl sites for hydroxylation is 1. The Kier molecular flexibility index (Phi) is 6.44. The predicted molar refractivity (Wildman–Crippen MR) is 132 cm³/mol. The van der Waals surface area contributed by atoms with Gasteiger partial charge in [-0.2, -0.15) is 5.10 Å². The van der Waals surface area contributed by atoms with Gasteiger partial charge in [-0.05, 0) is 81.3 Å². The molecule has 1 unspecified atom stereocenters. The first-order valence-electron chi connectivity index (χ1n) is 12.1. The van der Waals surface area contributed by atoms with Crippen molar-refractivity contribution < 1.29 is 4.79 Å². The molecule has 2 heterocycles. The van der Waals surface area contributed by atoms with E-state index in [1.807, 2.05) is 31.2 Å². The van der Waals surface area contributed by atoms with Crippen LogP contribution in [-0.4, -0.2) is 40.3 Å². The van der Waals surface area contributed by atoms with E-state index in [0.717, 1.165) is 56.7 Å². The molecule has 1 atom stereocenters. The summed E-state index contributed by atoms with van der Waals surface area (Å²) in [6, 6.07) is 18.2. The molecule has 0 radical (unpaired) electrons. The Morgan fingerprint density at radius 1 is 1.06 bits per heavy atom. The van der Waals surface area contributed by atoms with Crippen LogP contribution in [0.5, 0.6) is 0 Å². The van der Waals surface area contributed by atoms with Crippen molar-refractivity contribution >= 4 is 11.7 Å². The van der Waals surface area contributed by atoms with Crippen LogP contribution in [0.25, 0.3) is 5.69 Å². The van der Waals surface area contributed by atoms with Crippen LogP contribution in [0.4, 0.5) is 10.5 Å². The molecule has 172 valence electrons. The topological polar surface area (TPSA) is 62.2 Å². The highest BCUT2D eigenvalue weighted by molar-refractivity contribution is 5.89. The van der Waals surface area contributed by atoms with Crippen LogP contribution in [-0.2, 0) is 19.4 Å². The molecule has 1 aliphatic carbocycles. The highest BCUT2D eigenvalue weighted by Gasteiger charge is 2.26. The first kappa shape index (κ1) is 21.7. The standard InChI is InChI=1S/C27H33N5O/c1-20-12-14-22(15-13-20)29-27(33)28-17-21-7-6-16-31(18-21)19-25-24-10-5-11-26(24)32(30-25)23-8-3-2-4-9-23/h2-4,8-9,12-15,21H,5-7,10-11,16-19H2,1H3,(H2,28,29,33). The minimum atomic E-state index is -0.129. The zero-order valence-corrected chi connectivity index (χ0v) is 19.4. The fourth-order valence-corrected chi connectivity index (χ4v) is 5.15. The van der Waals surface area contributed by atoms with Crippen molar-refractivity contribution in [1.29, 1.82) is 0 Å². The number of hydrogen-bond acceptors (Lipinski definition) is 3. The molecule has 6 nitrogen and oxygen atoms in total. The number of aromatic nitrogens is 2. The Balaban J connectivity index is 1.18. The second-order valence-electron chi connectivity index (χ2n) is 9.42. The number of fused-ring (bicyclic) bond motifs is 1. The normalized spacial score (nSPS) is 18.2. The molecule has 3 aromatic rings. The number of piperidine rings is 1. The predicted octanol–water partition coefficient (Wildman–Crippen LogP) is 4.70. The SMILES string of the molecule is Cc1ccc(NC(=O)NCC2CCCN(Cc3nn(-c4ccccc4)c4c3CCC4)C2)cc1. The van der Waals surface area contributed by atoms with Gasteiger partial charge in [0.15, 0.2) is 0 Å². The summed E-state index contributed by atoms with van der Waals surface area (Å²) in [5.41, 5.74) is 7.24. The molecule has 0 spiro atoms. The van der Waals surface area contributed by atoms with Crippen LogP contribution < -0.4 is 10.6 Å². The van der Waals surface area contributed by atoms with Crippen molar-refractivity contribution in [2.45, 2.75) is 45.6 Å². The Hall–Kier alpha value is -3.12. The Bertz CT molecular complexity index is 1090. The maximum atomic E-state index is 12.3. The zero-order valence-electron chi connectivity index (χ0n) is 19.4. The molecule has 0 saturated carbocycles. The van der Waals surface area contributed by atoms with Crippen LogP contribution in [0.2, 0.25) is 0 Å². The molecule has 2 N–H and O–H groups in total. The molecule has 5 rings (SSSR count). The van der Waals surface area contributed by atoms with E-state index in [4.69, 9.17) is 5.10 Å². The van der Waals surface area contributed by atoms with E-state index in [1.165, 1.54) is 28.9 Å². The number of benzene rings is 2. The number of carbonyl (C=O) groups excluding carboxylic acids is 1. The number of rotatable bonds is 6. The third-order valence-electron chi connectivity index (χ3n) is 6.85. The summed E-state index contributed by atoms with van der Waals surface area (Å²) in [6.45, 7) is 5.73. The average Bonchev–Trinajstić information content (AvgIpc) is 3.44. The lowest BCUT2D eigenvalue weighted by Gasteiger charge is -2.32. The maximum Gasteiger partial charge on any atom is 0.319 e. The largest absolute Gasteiger partial charge is 0.338 e. The Morgan fingerprint density at radius 2 is 1.88 bits per heavy atom. The van der Waals surface area contributed by atoms with Crippen LogP contribution in [0.1, 0.15) is 41.8 Å². The van der Waals surface area contributed by atoms with Crippen molar-refractivity contribution in [3.05, 3.63) is 77.1 Å². The number of nitrogens with one attached hydrogen (secondary N) is 2. The molecule has 1 saturated heterocycles. The molecule has 6 heteroatoms. The van der Waals surface area contributed by atoms with Gasteiger partial charge < -0.3 is 10.6 Å². The van der Waals surface area contributed by atoms with Crippen molar-refractivity contribution in [1.82, 2.24) is 20.0 Å². The summed E-state index contributed by atoms with van der Waals surface area (Å²) in [5.74, 6) is 0.465. The monoisotopic (exact) mass is 443 g/mol. The zero-order chi connectivity index (χ0) is 22.6. The van der Waals surface area contributed by atoms with Gasteiger partial charge in [-0.1, -0.05) is 35.9 Å². The van der Waals surface area contributed by atoms with E-state index in [-0.39, 0.29) is 6.03 Å². The van der Waals surface area contributed by atoms with Gasteiger partial charge in [-0.3, -0.25) is 4.90 Å². The minimum Gasteiger partial charge on any atom is -0.338 e. The molecule has 33 heavy (non-hydrogen) atoms. The second kappa shape index (κ2) is 9.79. The molecule has 1 aliphatic heterocycles. The van der Waals surface area contributed by atoms with Gasteiger partial charge in [-0.15, -0.1) is 0 Å². The Morgan fingerprint density at radius 3 is 2.70 bits per heavy atom. The quantitative estimate of drug-likeness (QED) is 0.580. The number of amides is 2. The summed E-state index contributed by atoms with van der Waals surface area (Å²) in [6.07, 6.45) is 5.77.